The van der Waals surface area contributed by atoms with Gasteiger partial charge in [0.1, 0.15) is 0 Å². The standard InChI is InChI=1S/C71H51N/c1-3-51(61(4-2)52-24-8-5-9-25-52)42-41-50-23-20-32-59(47-50)72(60-33-21-27-54(48-60)67-49-55-26-14-15-34-62(55)64-35-16-17-36-65(64)67)58-45-43-53(44-46-58)63-38-22-40-69-70(63)66-37-18-19-39-68(66)71(69,56-28-10-6-11-29-56)57-30-12-7-13-31-57/h3-49H,1-2H2/b42-41+,61-51-. The van der Waals surface area contributed by atoms with E-state index in [1.54, 1.807) is 0 Å². The lowest BCUT2D eigenvalue weighted by atomic mass is 9.67. The van der Waals surface area contributed by atoms with E-state index < -0.39 is 5.41 Å². The van der Waals surface area contributed by atoms with Gasteiger partial charge in [0.05, 0.1) is 5.41 Å². The van der Waals surface area contributed by atoms with Crippen molar-refractivity contribution in [3.8, 4) is 33.4 Å². The number of rotatable bonds is 12. The largest absolute Gasteiger partial charge is 0.310 e. The maximum atomic E-state index is 4.19. The Morgan fingerprint density at radius 2 is 0.972 bits per heavy atom. The van der Waals surface area contributed by atoms with Crippen molar-refractivity contribution >= 4 is 50.3 Å². The zero-order chi connectivity index (χ0) is 48.4. The zero-order valence-electron chi connectivity index (χ0n) is 40.0. The summed E-state index contributed by atoms with van der Waals surface area (Å²) < 4.78 is 0. The van der Waals surface area contributed by atoms with Gasteiger partial charge >= 0.3 is 0 Å². The van der Waals surface area contributed by atoms with Crippen LogP contribution in [0.25, 0.3) is 66.6 Å². The molecule has 0 atom stereocenters. The first-order chi connectivity index (χ1) is 35.6. The number of hydrogen-bond donors (Lipinski definition) is 0. The minimum absolute atomic E-state index is 0.473. The highest BCUT2D eigenvalue weighted by Gasteiger charge is 2.46. The van der Waals surface area contributed by atoms with Crippen molar-refractivity contribution in [2.45, 2.75) is 5.41 Å². The van der Waals surface area contributed by atoms with Crippen LogP contribution in [-0.2, 0) is 5.41 Å². The molecule has 1 aliphatic rings. The van der Waals surface area contributed by atoms with E-state index in [9.17, 15) is 0 Å². The smallest absolute Gasteiger partial charge is 0.0713 e. The van der Waals surface area contributed by atoms with E-state index in [1.807, 2.05) is 18.2 Å². The molecule has 11 aromatic rings. The zero-order valence-corrected chi connectivity index (χ0v) is 40.0. The van der Waals surface area contributed by atoms with E-state index in [0.717, 1.165) is 50.5 Å². The Bertz CT molecular complexity index is 3840. The van der Waals surface area contributed by atoms with Gasteiger partial charge in [-0.2, -0.15) is 0 Å². The molecule has 0 aromatic heterocycles. The molecule has 0 unspecified atom stereocenters. The van der Waals surface area contributed by atoms with E-state index in [0.29, 0.717) is 0 Å². The van der Waals surface area contributed by atoms with Gasteiger partial charge in [0.25, 0.3) is 0 Å². The molecule has 0 saturated carbocycles. The topological polar surface area (TPSA) is 3.24 Å². The summed E-state index contributed by atoms with van der Waals surface area (Å²) in [5, 5.41) is 4.97. The minimum Gasteiger partial charge on any atom is -0.310 e. The van der Waals surface area contributed by atoms with Crippen molar-refractivity contribution in [3.63, 3.8) is 0 Å². The number of fused-ring (bicyclic) bond motifs is 6. The molecule has 0 fully saturated rings. The van der Waals surface area contributed by atoms with E-state index in [-0.39, 0.29) is 0 Å². The summed E-state index contributed by atoms with van der Waals surface area (Å²) in [7, 11) is 0. The first-order valence-electron chi connectivity index (χ1n) is 24.7. The fourth-order valence-corrected chi connectivity index (χ4v) is 11.3. The van der Waals surface area contributed by atoms with Gasteiger partial charge in [-0.3, -0.25) is 0 Å². The molecule has 340 valence electrons. The second-order valence-corrected chi connectivity index (χ2v) is 18.5. The van der Waals surface area contributed by atoms with Crippen molar-refractivity contribution in [2.24, 2.45) is 0 Å². The third-order valence-electron chi connectivity index (χ3n) is 14.5. The molecule has 1 heteroatoms. The summed E-state index contributed by atoms with van der Waals surface area (Å²) in [6, 6.07) is 95.1. The molecule has 0 heterocycles. The summed E-state index contributed by atoms with van der Waals surface area (Å²) >= 11 is 0. The maximum absolute atomic E-state index is 4.19. The van der Waals surface area contributed by atoms with Gasteiger partial charge in [0.2, 0.25) is 0 Å². The highest BCUT2D eigenvalue weighted by molar-refractivity contribution is 6.14. The summed E-state index contributed by atoms with van der Waals surface area (Å²) in [6.07, 6.45) is 8.13. The summed E-state index contributed by atoms with van der Waals surface area (Å²) in [6.45, 7) is 8.35. The number of hydrogen-bond acceptors (Lipinski definition) is 1. The molecular weight excluding hydrogens is 867 g/mol. The van der Waals surface area contributed by atoms with Crippen molar-refractivity contribution in [1.29, 1.82) is 0 Å². The molecule has 11 aromatic carbocycles. The first kappa shape index (κ1) is 43.9. The van der Waals surface area contributed by atoms with Crippen LogP contribution in [0.3, 0.4) is 0 Å². The third-order valence-corrected chi connectivity index (χ3v) is 14.5. The fraction of sp³-hybridized carbons (Fsp3) is 0.0141. The van der Waals surface area contributed by atoms with Gasteiger partial charge < -0.3 is 4.90 Å². The number of anilines is 3. The van der Waals surface area contributed by atoms with Crippen LogP contribution < -0.4 is 4.90 Å². The molecule has 12 rings (SSSR count). The second-order valence-electron chi connectivity index (χ2n) is 18.5. The number of benzene rings is 11. The maximum Gasteiger partial charge on any atom is 0.0713 e. The fourth-order valence-electron chi connectivity index (χ4n) is 11.3. The predicted octanol–water partition coefficient (Wildman–Crippen LogP) is 19.0. The molecular formula is C71H51N. The molecule has 72 heavy (non-hydrogen) atoms. The Kier molecular flexibility index (Phi) is 11.5. The lowest BCUT2D eigenvalue weighted by Gasteiger charge is -2.34. The van der Waals surface area contributed by atoms with Crippen LogP contribution in [0.15, 0.2) is 298 Å². The lowest BCUT2D eigenvalue weighted by molar-refractivity contribution is 0.768. The third kappa shape index (κ3) is 7.60. The Balaban J connectivity index is 1.00. The van der Waals surface area contributed by atoms with E-state index >= 15 is 0 Å². The van der Waals surface area contributed by atoms with Crippen molar-refractivity contribution in [3.05, 3.63) is 331 Å². The summed E-state index contributed by atoms with van der Waals surface area (Å²) in [5.41, 5.74) is 19.3. The molecule has 0 N–H and O–H groups in total. The van der Waals surface area contributed by atoms with Crippen LogP contribution in [0.2, 0.25) is 0 Å². The minimum atomic E-state index is -0.473. The molecule has 0 aliphatic heterocycles. The normalized spacial score (nSPS) is 12.8. The summed E-state index contributed by atoms with van der Waals surface area (Å²) in [4.78, 5) is 2.39. The van der Waals surface area contributed by atoms with Crippen LogP contribution in [-0.4, -0.2) is 0 Å². The molecule has 1 aliphatic carbocycles. The molecule has 0 bridgehead atoms. The van der Waals surface area contributed by atoms with Crippen molar-refractivity contribution in [1.82, 2.24) is 0 Å². The SMILES string of the molecule is C=CC(/C=C/c1cccc(N(c2ccc(-c3cccc4c3-c3ccccc3C4(c3ccccc3)c3ccccc3)cc2)c2cccc(-c3cc4ccccc4c4ccccc34)c2)c1)=C(\C=C)c1ccccc1. The van der Waals surface area contributed by atoms with E-state index in [4.69, 9.17) is 0 Å². The quantitative estimate of drug-likeness (QED) is 0.0872. The Morgan fingerprint density at radius 1 is 0.389 bits per heavy atom. The Labute approximate surface area is 423 Å². The first-order valence-corrected chi connectivity index (χ1v) is 24.7. The van der Waals surface area contributed by atoms with Gasteiger partial charge in [-0.05, 0) is 142 Å². The second kappa shape index (κ2) is 18.9. The Morgan fingerprint density at radius 3 is 1.69 bits per heavy atom. The molecule has 0 saturated heterocycles. The van der Waals surface area contributed by atoms with Gasteiger partial charge in [0.15, 0.2) is 0 Å². The molecule has 1 nitrogen and oxygen atoms in total. The number of nitrogens with zero attached hydrogens (tertiary/aromatic N) is 1. The van der Waals surface area contributed by atoms with Gasteiger partial charge in [0, 0.05) is 17.1 Å². The van der Waals surface area contributed by atoms with Crippen LogP contribution in [0, 0.1) is 0 Å². The van der Waals surface area contributed by atoms with Gasteiger partial charge in [-0.15, -0.1) is 0 Å². The monoisotopic (exact) mass is 917 g/mol. The predicted molar refractivity (Wildman–Crippen MR) is 307 cm³/mol. The van der Waals surface area contributed by atoms with Crippen molar-refractivity contribution in [2.75, 3.05) is 4.90 Å². The lowest BCUT2D eigenvalue weighted by Crippen LogP contribution is -2.28. The van der Waals surface area contributed by atoms with E-state index in [2.05, 4.69) is 285 Å². The van der Waals surface area contributed by atoms with Gasteiger partial charge in [-0.25, -0.2) is 0 Å². The van der Waals surface area contributed by atoms with Crippen LogP contribution >= 0.6 is 0 Å². The van der Waals surface area contributed by atoms with Crippen LogP contribution in [0.5, 0.6) is 0 Å². The average molecular weight is 918 g/mol. The van der Waals surface area contributed by atoms with E-state index in [1.165, 1.54) is 66.1 Å². The molecule has 0 radical (unpaired) electrons. The van der Waals surface area contributed by atoms with Gasteiger partial charge in [-0.1, -0.05) is 256 Å². The van der Waals surface area contributed by atoms with Crippen LogP contribution in [0.4, 0.5) is 17.1 Å². The highest BCUT2D eigenvalue weighted by atomic mass is 15.1. The number of allylic oxidation sites excluding steroid dienone is 5. The average Bonchev–Trinajstić information content (AvgIpc) is 3.76. The van der Waals surface area contributed by atoms with Crippen molar-refractivity contribution < 1.29 is 0 Å². The summed E-state index contributed by atoms with van der Waals surface area (Å²) in [5.74, 6) is 0. The highest BCUT2D eigenvalue weighted by Crippen LogP contribution is 2.58. The Hall–Kier alpha value is -9.30. The molecule has 0 amide bonds. The molecule has 0 spiro atoms. The van der Waals surface area contributed by atoms with Crippen LogP contribution in [0.1, 0.15) is 33.4 Å².